The lowest BCUT2D eigenvalue weighted by atomic mass is 10.0. The van der Waals surface area contributed by atoms with E-state index in [2.05, 4.69) is 5.32 Å². The maximum Gasteiger partial charge on any atom is 0.243 e. The highest BCUT2D eigenvalue weighted by Gasteiger charge is 2.38. The van der Waals surface area contributed by atoms with E-state index in [4.69, 9.17) is 11.6 Å². The lowest BCUT2D eigenvalue weighted by Crippen LogP contribution is -2.42. The van der Waals surface area contributed by atoms with Crippen LogP contribution in [0, 0.1) is 5.82 Å². The summed E-state index contributed by atoms with van der Waals surface area (Å²) in [7, 11) is 1.81. The van der Waals surface area contributed by atoms with Gasteiger partial charge in [-0.2, -0.15) is 0 Å². The van der Waals surface area contributed by atoms with Gasteiger partial charge in [0.15, 0.2) is 11.6 Å². The van der Waals surface area contributed by atoms with Gasteiger partial charge >= 0.3 is 0 Å². The Morgan fingerprint density at radius 1 is 1.15 bits per heavy atom. The van der Waals surface area contributed by atoms with Crippen LogP contribution in [0.15, 0.2) is 48.7 Å². The Hall–Kier alpha value is -3.03. The highest BCUT2D eigenvalue weighted by atomic mass is 35.5. The predicted octanol–water partition coefficient (Wildman–Crippen LogP) is 4.03. The van der Waals surface area contributed by atoms with Crippen molar-refractivity contribution in [1.29, 1.82) is 0 Å². The minimum absolute atomic E-state index is 0.00464. The second-order valence-corrected chi connectivity index (χ2v) is 9.11. The number of rotatable bonds is 8. The van der Waals surface area contributed by atoms with Gasteiger partial charge in [0, 0.05) is 41.7 Å². The number of nitrogens with one attached hydrogen (secondary N) is 1. The molecular formula is C26H27ClFN3O3. The number of halogens is 2. The lowest BCUT2D eigenvalue weighted by Gasteiger charge is -2.24. The molecule has 8 heteroatoms. The van der Waals surface area contributed by atoms with Gasteiger partial charge in [0.25, 0.3) is 0 Å². The second kappa shape index (κ2) is 10.1. The first kappa shape index (κ1) is 24.1. The van der Waals surface area contributed by atoms with Gasteiger partial charge in [-0.3, -0.25) is 14.4 Å². The second-order valence-electron chi connectivity index (χ2n) is 8.71. The molecule has 0 radical (unpaired) electrons. The molecule has 1 aromatic heterocycles. The fourth-order valence-corrected chi connectivity index (χ4v) is 4.88. The minimum atomic E-state index is -0.582. The van der Waals surface area contributed by atoms with Crippen LogP contribution in [0.4, 0.5) is 4.39 Å². The molecule has 2 aromatic carbocycles. The van der Waals surface area contributed by atoms with Crippen molar-refractivity contribution in [3.05, 3.63) is 70.6 Å². The molecule has 0 spiro atoms. The smallest absolute Gasteiger partial charge is 0.243 e. The number of aryl methyl sites for hydroxylation is 1. The van der Waals surface area contributed by atoms with Gasteiger partial charge in [-0.05, 0) is 44.5 Å². The molecule has 2 atom stereocenters. The average molecular weight is 484 g/mol. The number of para-hydroxylation sites is 1. The summed E-state index contributed by atoms with van der Waals surface area (Å²) >= 11 is 5.85. The number of amides is 1. The molecule has 0 saturated carbocycles. The Bertz CT molecular complexity index is 1260. The van der Waals surface area contributed by atoms with Gasteiger partial charge in [0.2, 0.25) is 5.91 Å². The first-order valence-electron chi connectivity index (χ1n) is 11.3. The monoisotopic (exact) mass is 483 g/mol. The number of carbonyl (C=O) groups excluding carboxylic acids is 3. The van der Waals surface area contributed by atoms with Gasteiger partial charge in [-0.1, -0.05) is 41.9 Å². The van der Waals surface area contributed by atoms with Crippen LogP contribution < -0.4 is 5.32 Å². The van der Waals surface area contributed by atoms with Crippen molar-refractivity contribution in [2.24, 2.45) is 0 Å². The zero-order chi connectivity index (χ0) is 24.4. The summed E-state index contributed by atoms with van der Waals surface area (Å²) in [6, 6.07) is 11.6. The molecule has 1 aliphatic heterocycles. The number of hydrogen-bond acceptors (Lipinski definition) is 4. The summed E-state index contributed by atoms with van der Waals surface area (Å²) in [5, 5.41) is 3.99. The van der Waals surface area contributed by atoms with Crippen LogP contribution in [0.3, 0.4) is 0 Å². The van der Waals surface area contributed by atoms with E-state index in [0.717, 1.165) is 10.9 Å². The van der Waals surface area contributed by atoms with Crippen molar-refractivity contribution in [1.82, 2.24) is 14.8 Å². The van der Waals surface area contributed by atoms with Crippen LogP contribution in [0.2, 0.25) is 5.02 Å². The van der Waals surface area contributed by atoms with Gasteiger partial charge in [0.1, 0.15) is 12.4 Å². The maximum absolute atomic E-state index is 14.2. The van der Waals surface area contributed by atoms with Crippen molar-refractivity contribution in [3.8, 4) is 0 Å². The third-order valence-corrected chi connectivity index (χ3v) is 6.84. The molecule has 4 rings (SSSR count). The van der Waals surface area contributed by atoms with E-state index in [-0.39, 0.29) is 47.9 Å². The van der Waals surface area contributed by atoms with E-state index in [1.54, 1.807) is 34.8 Å². The Kier molecular flexibility index (Phi) is 7.14. The fourth-order valence-electron chi connectivity index (χ4n) is 4.69. The average Bonchev–Trinajstić information content (AvgIpc) is 3.42. The maximum atomic E-state index is 14.2. The van der Waals surface area contributed by atoms with Crippen molar-refractivity contribution in [3.63, 3.8) is 0 Å². The highest BCUT2D eigenvalue weighted by Crippen LogP contribution is 2.25. The number of fused-ring (bicyclic) bond motifs is 1. The summed E-state index contributed by atoms with van der Waals surface area (Å²) in [5.74, 6) is -0.876. The summed E-state index contributed by atoms with van der Waals surface area (Å²) < 4.78 is 16.0. The normalized spacial score (nSPS) is 17.9. The first-order valence-corrected chi connectivity index (χ1v) is 11.7. The molecule has 1 aliphatic rings. The number of ketones is 2. The van der Waals surface area contributed by atoms with Crippen molar-refractivity contribution < 1.29 is 18.8 Å². The first-order chi connectivity index (χ1) is 16.3. The van der Waals surface area contributed by atoms with E-state index in [9.17, 15) is 18.8 Å². The van der Waals surface area contributed by atoms with Crippen molar-refractivity contribution in [2.45, 2.75) is 44.8 Å². The molecule has 2 heterocycles. The Morgan fingerprint density at radius 2 is 1.91 bits per heavy atom. The van der Waals surface area contributed by atoms with Crippen LogP contribution in [-0.2, 0) is 22.6 Å². The Morgan fingerprint density at radius 3 is 2.65 bits per heavy atom. The van der Waals surface area contributed by atoms with Gasteiger partial charge in [-0.15, -0.1) is 0 Å². The molecule has 34 heavy (non-hydrogen) atoms. The lowest BCUT2D eigenvalue weighted by molar-refractivity contribution is -0.138. The molecule has 0 unspecified atom stereocenters. The standard InChI is InChI=1S/C26H27ClFN3O3/c1-16(32)20-14-30(22-9-4-3-7-19(20)22)15-25(34)31-13-18(29-2)12-23(31)24(33)11-10-17-6-5-8-21(27)26(17)28/h3-9,14,18,23,29H,10-13,15H2,1-2H3/t18-,23-/m0/s1. The van der Waals surface area contributed by atoms with Crippen LogP contribution >= 0.6 is 11.6 Å². The molecule has 1 fully saturated rings. The number of likely N-dealkylation sites (N-methyl/N-ethyl adjacent to an activating group) is 1. The molecule has 0 bridgehead atoms. The number of nitrogens with zero attached hydrogens (tertiary/aromatic N) is 2. The molecule has 6 nitrogen and oxygen atoms in total. The zero-order valence-corrected chi connectivity index (χ0v) is 19.9. The van der Waals surface area contributed by atoms with Crippen molar-refractivity contribution >= 4 is 40.0 Å². The predicted molar refractivity (Wildman–Crippen MR) is 130 cm³/mol. The largest absolute Gasteiger partial charge is 0.337 e. The van der Waals surface area contributed by atoms with E-state index >= 15 is 0 Å². The van der Waals surface area contributed by atoms with Crippen LogP contribution in [0.1, 0.15) is 35.7 Å². The number of hydrogen-bond donors (Lipinski definition) is 1. The Balaban J connectivity index is 1.52. The number of carbonyl (C=O) groups is 3. The molecule has 0 aliphatic carbocycles. The fraction of sp³-hybridized carbons (Fsp3) is 0.346. The van der Waals surface area contributed by atoms with E-state index in [1.165, 1.54) is 13.0 Å². The van der Waals surface area contributed by atoms with Crippen LogP contribution in [-0.4, -0.2) is 52.6 Å². The van der Waals surface area contributed by atoms with E-state index in [0.29, 0.717) is 24.1 Å². The summed E-state index contributed by atoms with van der Waals surface area (Å²) in [4.78, 5) is 40.2. The number of benzene rings is 2. The summed E-state index contributed by atoms with van der Waals surface area (Å²) in [5.41, 5.74) is 1.75. The topological polar surface area (TPSA) is 71.4 Å². The van der Waals surface area contributed by atoms with Crippen LogP contribution in [0.5, 0.6) is 0 Å². The molecule has 1 amide bonds. The molecular weight excluding hydrogens is 457 g/mol. The highest BCUT2D eigenvalue weighted by molar-refractivity contribution is 6.30. The third-order valence-electron chi connectivity index (χ3n) is 6.55. The van der Waals surface area contributed by atoms with E-state index in [1.807, 2.05) is 24.3 Å². The quantitative estimate of drug-likeness (QED) is 0.491. The summed E-state index contributed by atoms with van der Waals surface area (Å²) in [6.45, 7) is 1.94. The number of Topliss-reactive ketones (excluding diaryl/α,β-unsaturated/α-hetero) is 2. The molecule has 3 aromatic rings. The molecule has 178 valence electrons. The van der Waals surface area contributed by atoms with Gasteiger partial charge in [-0.25, -0.2) is 4.39 Å². The molecule has 1 saturated heterocycles. The minimum Gasteiger partial charge on any atom is -0.337 e. The summed E-state index contributed by atoms with van der Waals surface area (Å²) in [6.07, 6.45) is 2.54. The van der Waals surface area contributed by atoms with E-state index < -0.39 is 11.9 Å². The zero-order valence-electron chi connectivity index (χ0n) is 19.2. The SMILES string of the molecule is CN[C@H]1C[C@@H](C(=O)CCc2cccc(Cl)c2F)N(C(=O)Cn2cc(C(C)=O)c3ccccc32)C1. The van der Waals surface area contributed by atoms with Gasteiger partial charge in [0.05, 0.1) is 11.1 Å². The van der Waals surface area contributed by atoms with Crippen molar-refractivity contribution in [2.75, 3.05) is 13.6 Å². The number of aromatic nitrogens is 1. The Labute approximate surface area is 202 Å². The number of likely N-dealkylation sites (tertiary alicyclic amines) is 1. The third kappa shape index (κ3) is 4.76. The van der Waals surface area contributed by atoms with Crippen LogP contribution in [0.25, 0.3) is 10.9 Å². The molecule has 1 N–H and O–H groups in total. The van der Waals surface area contributed by atoms with Gasteiger partial charge < -0.3 is 14.8 Å².